The summed E-state index contributed by atoms with van der Waals surface area (Å²) in [7, 11) is 5.23. The highest BCUT2D eigenvalue weighted by atomic mass is 35.5. The molecule has 0 aliphatic rings. The summed E-state index contributed by atoms with van der Waals surface area (Å²) in [5, 5.41) is 1.15. The lowest BCUT2D eigenvalue weighted by atomic mass is 10.0. The molecule has 0 aliphatic heterocycles. The van der Waals surface area contributed by atoms with Crippen molar-refractivity contribution in [1.82, 2.24) is 9.47 Å². The zero-order chi connectivity index (χ0) is 31.2. The van der Waals surface area contributed by atoms with Crippen LogP contribution < -0.4 is 19.6 Å². The lowest BCUT2D eigenvalue weighted by Crippen LogP contribution is -2.21. The van der Waals surface area contributed by atoms with Gasteiger partial charge in [-0.05, 0) is 67.1 Å². The fourth-order valence-electron chi connectivity index (χ4n) is 5.08. The van der Waals surface area contributed by atoms with Crippen molar-refractivity contribution < 1.29 is 23.7 Å². The van der Waals surface area contributed by atoms with Crippen LogP contribution in [0.2, 0.25) is 5.02 Å². The predicted molar refractivity (Wildman–Crippen MR) is 174 cm³/mol. The summed E-state index contributed by atoms with van der Waals surface area (Å²) in [6, 6.07) is 23.1. The average molecular weight is 633 g/mol. The Morgan fingerprint density at radius 3 is 2.30 bits per heavy atom. The van der Waals surface area contributed by atoms with Gasteiger partial charge in [0.1, 0.15) is 16.3 Å². The van der Waals surface area contributed by atoms with Gasteiger partial charge in [-0.1, -0.05) is 48.0 Å². The molecule has 44 heavy (non-hydrogen) atoms. The van der Waals surface area contributed by atoms with Crippen LogP contribution in [0.3, 0.4) is 0 Å². The van der Waals surface area contributed by atoms with E-state index in [1.165, 1.54) is 11.3 Å². The topological polar surface area (TPSA) is 79.2 Å². The molecule has 5 rings (SSSR count). The van der Waals surface area contributed by atoms with Crippen LogP contribution in [0.25, 0.3) is 20.7 Å². The summed E-state index contributed by atoms with van der Waals surface area (Å²) in [6.45, 7) is 3.16. The highest BCUT2D eigenvalue weighted by Crippen LogP contribution is 2.40. The summed E-state index contributed by atoms with van der Waals surface area (Å²) < 4.78 is 23.4. The Kier molecular flexibility index (Phi) is 9.89. The Hall–Kier alpha value is -4.31. The van der Waals surface area contributed by atoms with Crippen LogP contribution in [0.5, 0.6) is 17.2 Å². The Morgan fingerprint density at radius 1 is 0.909 bits per heavy atom. The molecule has 0 saturated heterocycles. The number of fused-ring (bicyclic) bond motifs is 1. The number of aromatic nitrogens is 1. The van der Waals surface area contributed by atoms with E-state index in [0.717, 1.165) is 37.7 Å². The van der Waals surface area contributed by atoms with Crippen LogP contribution in [0, 0.1) is 0 Å². The van der Waals surface area contributed by atoms with Crippen LogP contribution >= 0.6 is 22.9 Å². The molecule has 2 aromatic heterocycles. The maximum absolute atomic E-state index is 14.1. The van der Waals surface area contributed by atoms with Gasteiger partial charge >= 0.3 is 6.16 Å². The molecule has 0 radical (unpaired) electrons. The summed E-state index contributed by atoms with van der Waals surface area (Å²) >= 11 is 7.99. The Morgan fingerprint density at radius 2 is 1.61 bits per heavy atom. The number of halogens is 1. The molecule has 5 aromatic rings. The van der Waals surface area contributed by atoms with Gasteiger partial charge in [0, 0.05) is 28.6 Å². The van der Waals surface area contributed by atoms with Gasteiger partial charge in [0.05, 0.1) is 39.0 Å². The fraction of sp³-hybridized carbons (Fsp3) is 0.235. The second kappa shape index (κ2) is 14.0. The zero-order valence-electron chi connectivity index (χ0n) is 25.0. The molecule has 0 atom stereocenters. The second-order valence-corrected chi connectivity index (χ2v) is 11.5. The third-order valence-electron chi connectivity index (χ3n) is 7.14. The number of hydrogen-bond acceptors (Lipinski definition) is 8. The number of para-hydroxylation sites is 1. The second-order valence-electron chi connectivity index (χ2n) is 10.1. The summed E-state index contributed by atoms with van der Waals surface area (Å²) in [5.41, 5.74) is 3.24. The number of benzene rings is 3. The quantitative estimate of drug-likeness (QED) is 0.139. The minimum absolute atomic E-state index is 0.111. The van der Waals surface area contributed by atoms with E-state index in [0.29, 0.717) is 35.8 Å². The Bertz CT molecular complexity index is 1830. The number of nitrogens with zero attached hydrogens (tertiary/aromatic N) is 2. The van der Waals surface area contributed by atoms with Crippen LogP contribution in [-0.4, -0.2) is 43.5 Å². The highest BCUT2D eigenvalue weighted by Gasteiger charge is 2.24. The molecular weight excluding hydrogens is 600 g/mol. The number of carbonyl (C=O) groups is 1. The van der Waals surface area contributed by atoms with Gasteiger partial charge in [-0.25, -0.2) is 4.79 Å². The first-order valence-electron chi connectivity index (χ1n) is 14.0. The van der Waals surface area contributed by atoms with E-state index in [1.807, 2.05) is 84.4 Å². The van der Waals surface area contributed by atoms with Gasteiger partial charge in [0.15, 0.2) is 5.75 Å². The van der Waals surface area contributed by atoms with Crippen molar-refractivity contribution in [3.05, 3.63) is 111 Å². The van der Waals surface area contributed by atoms with Crippen molar-refractivity contribution in [3.8, 4) is 27.7 Å². The minimum Gasteiger partial charge on any atom is -0.497 e. The summed E-state index contributed by atoms with van der Waals surface area (Å²) in [4.78, 5) is 30.3. The maximum Gasteiger partial charge on any atom is 0.514 e. The van der Waals surface area contributed by atoms with E-state index in [2.05, 4.69) is 4.90 Å². The summed E-state index contributed by atoms with van der Waals surface area (Å²) in [6.07, 6.45) is 0.635. The molecule has 0 fully saturated rings. The van der Waals surface area contributed by atoms with Crippen LogP contribution in [0.4, 0.5) is 4.79 Å². The van der Waals surface area contributed by atoms with Crippen molar-refractivity contribution in [1.29, 1.82) is 0 Å². The monoisotopic (exact) mass is 632 g/mol. The molecular formula is C34H33ClN2O6S. The van der Waals surface area contributed by atoms with E-state index in [-0.39, 0.29) is 17.8 Å². The first-order valence-corrected chi connectivity index (χ1v) is 15.2. The van der Waals surface area contributed by atoms with E-state index in [4.69, 9.17) is 30.5 Å². The molecule has 8 nitrogen and oxygen atoms in total. The van der Waals surface area contributed by atoms with Gasteiger partial charge in [-0.2, -0.15) is 0 Å². The largest absolute Gasteiger partial charge is 0.514 e. The van der Waals surface area contributed by atoms with Crippen LogP contribution in [0.15, 0.2) is 83.8 Å². The zero-order valence-corrected chi connectivity index (χ0v) is 26.5. The van der Waals surface area contributed by atoms with Crippen molar-refractivity contribution in [2.75, 3.05) is 27.9 Å². The van der Waals surface area contributed by atoms with Crippen molar-refractivity contribution in [2.45, 2.75) is 26.6 Å². The third kappa shape index (κ3) is 6.75. The van der Waals surface area contributed by atoms with Gasteiger partial charge in [-0.15, -0.1) is 11.3 Å². The van der Waals surface area contributed by atoms with E-state index in [9.17, 15) is 9.59 Å². The standard InChI is InChI=1S/C34H33ClN2O6S/c1-5-42-34(39)43-29-21-37(19-24-11-7-9-13-28(24)41-4)33-30(31(29)38)26(20-36(2)18-23-10-6-8-12-27(23)35)32(44-33)22-14-16-25(40-3)17-15-22/h6-17,21H,5,18-20H2,1-4H3. The SMILES string of the molecule is CCOC(=O)Oc1cn(Cc2ccccc2OC)c2sc(-c3ccc(OC)cc3)c(CN(C)Cc3ccccc3Cl)c2c1=O. The fourth-order valence-corrected chi connectivity index (χ4v) is 6.57. The Labute approximate surface area is 264 Å². The predicted octanol–water partition coefficient (Wildman–Crippen LogP) is 7.62. The van der Waals surface area contributed by atoms with E-state index >= 15 is 0 Å². The van der Waals surface area contributed by atoms with Crippen molar-refractivity contribution in [3.63, 3.8) is 0 Å². The summed E-state index contributed by atoms with van der Waals surface area (Å²) in [5.74, 6) is 1.33. The van der Waals surface area contributed by atoms with E-state index in [1.54, 1.807) is 27.3 Å². The van der Waals surface area contributed by atoms with Crippen LogP contribution in [-0.2, 0) is 24.4 Å². The maximum atomic E-state index is 14.1. The molecule has 228 valence electrons. The molecule has 2 heterocycles. The molecule has 0 saturated carbocycles. The first kappa shape index (κ1) is 31.1. The normalized spacial score (nSPS) is 11.1. The molecule has 3 aromatic carbocycles. The molecule has 0 bridgehead atoms. The molecule has 0 N–H and O–H groups in total. The number of methoxy groups -OCH3 is 2. The average Bonchev–Trinajstić information content (AvgIpc) is 3.40. The molecule has 0 spiro atoms. The van der Waals surface area contributed by atoms with Crippen molar-refractivity contribution >= 4 is 39.3 Å². The molecule has 0 aliphatic carbocycles. The van der Waals surface area contributed by atoms with Gasteiger partial charge in [-0.3, -0.25) is 9.69 Å². The lowest BCUT2D eigenvalue weighted by Gasteiger charge is -2.19. The number of ether oxygens (including phenoxy) is 4. The number of carbonyl (C=O) groups excluding carboxylic acids is 1. The molecule has 10 heteroatoms. The first-order chi connectivity index (χ1) is 21.3. The number of pyridine rings is 1. The molecule has 0 unspecified atom stereocenters. The number of hydrogen-bond donors (Lipinski definition) is 0. The van der Waals surface area contributed by atoms with Gasteiger partial charge < -0.3 is 23.5 Å². The van der Waals surface area contributed by atoms with Crippen molar-refractivity contribution in [2.24, 2.45) is 0 Å². The van der Waals surface area contributed by atoms with Gasteiger partial charge in [0.2, 0.25) is 5.43 Å². The van der Waals surface area contributed by atoms with Gasteiger partial charge in [0.25, 0.3) is 0 Å². The number of thiophene rings is 1. The highest BCUT2D eigenvalue weighted by molar-refractivity contribution is 7.22. The molecule has 0 amide bonds. The third-order valence-corrected chi connectivity index (χ3v) is 8.83. The van der Waals surface area contributed by atoms with Crippen LogP contribution in [0.1, 0.15) is 23.6 Å². The number of rotatable bonds is 11. The minimum atomic E-state index is -0.934. The lowest BCUT2D eigenvalue weighted by molar-refractivity contribution is 0.104. The smallest absolute Gasteiger partial charge is 0.497 e. The Balaban J connectivity index is 1.71. The van der Waals surface area contributed by atoms with E-state index < -0.39 is 6.16 Å².